The number of aromatic carboxylic acids is 1. The molecular formula is C56H88N4O18. The van der Waals surface area contributed by atoms with Crippen molar-refractivity contribution in [1.29, 1.82) is 0 Å². The number of carboxylic acid groups (broad SMARTS) is 1. The average molecular weight is 1110 g/mol. The maximum Gasteiger partial charge on any atom is 0.341 e. The zero-order chi connectivity index (χ0) is 57.9. The molecule has 440 valence electrons. The molecule has 0 aliphatic carbocycles. The second-order valence-electron chi connectivity index (χ2n) is 23.1. The van der Waals surface area contributed by atoms with Gasteiger partial charge in [0.1, 0.15) is 46.0 Å². The van der Waals surface area contributed by atoms with Crippen LogP contribution in [0.15, 0.2) is 23.1 Å². The summed E-state index contributed by atoms with van der Waals surface area (Å²) in [6, 6.07) is 3.21. The zero-order valence-electron chi connectivity index (χ0n) is 48.3. The van der Waals surface area contributed by atoms with E-state index in [1.54, 1.807) is 64.3 Å². The summed E-state index contributed by atoms with van der Waals surface area (Å²) in [5.74, 6) is -6.19. The van der Waals surface area contributed by atoms with Crippen LogP contribution >= 0.6 is 0 Å². The third-order valence-electron chi connectivity index (χ3n) is 16.9. The first-order valence-corrected chi connectivity index (χ1v) is 27.4. The summed E-state index contributed by atoms with van der Waals surface area (Å²) in [5.41, 5.74) is -4.16. The Labute approximate surface area is 458 Å². The molecular weight excluding hydrogens is 1020 g/mol. The van der Waals surface area contributed by atoms with Crippen LogP contribution in [0.5, 0.6) is 5.75 Å². The number of benzene rings is 1. The molecule has 0 unspecified atom stereocenters. The van der Waals surface area contributed by atoms with E-state index >= 15 is 0 Å². The van der Waals surface area contributed by atoms with Crippen molar-refractivity contribution in [3.8, 4) is 5.75 Å². The summed E-state index contributed by atoms with van der Waals surface area (Å²) >= 11 is 0. The lowest BCUT2D eigenvalue weighted by Crippen LogP contribution is -2.61. The molecule has 78 heavy (non-hydrogen) atoms. The normalized spacial score (nSPS) is 37.2. The molecule has 2 aromatic rings. The summed E-state index contributed by atoms with van der Waals surface area (Å²) in [6.45, 7) is 17.9. The van der Waals surface area contributed by atoms with Gasteiger partial charge < -0.3 is 73.3 Å². The first-order chi connectivity index (χ1) is 36.5. The number of aliphatic hydroxyl groups is 3. The van der Waals surface area contributed by atoms with Gasteiger partial charge in [0, 0.05) is 64.2 Å². The van der Waals surface area contributed by atoms with Crippen molar-refractivity contribution >= 4 is 34.6 Å². The summed E-state index contributed by atoms with van der Waals surface area (Å²) < 4.78 is 58.8. The lowest BCUT2D eigenvalue weighted by atomic mass is 9.74. The SMILES string of the molecule is CC[C@H]1OC(=O)[C@H](C)[C@@H](O[C@H]2C[C@@](C)(OC)[C@@H](OC(=O)CCNCCCc3cc4c5c(c3)c(=O)c(C(=O)O)cn5N(C)CO4)[C@H](C)O2)[C@H](C)[C@@H](O[C@@H]2O[C@H](C)C[C@H](N(C)C)[C@H]2O)[C@](C)(OC)C[C@@H](C)C(=O)[C@H](C)[C@@H](O)[C@]1(C)O. The van der Waals surface area contributed by atoms with E-state index < -0.39 is 119 Å². The Morgan fingerprint density at radius 1 is 0.910 bits per heavy atom. The number of Topliss-reactive ketones (excluding diaryl/α,β-unsaturated/α-hetero) is 1. The molecule has 0 bridgehead atoms. The first-order valence-electron chi connectivity index (χ1n) is 27.4. The minimum atomic E-state index is -2.03. The van der Waals surface area contributed by atoms with E-state index in [0.29, 0.717) is 37.1 Å². The average Bonchev–Trinajstić information content (AvgIpc) is 3.49. The van der Waals surface area contributed by atoms with Crippen LogP contribution in [-0.4, -0.2) is 193 Å². The van der Waals surface area contributed by atoms with Crippen LogP contribution in [0.3, 0.4) is 0 Å². The molecule has 0 spiro atoms. The quantitative estimate of drug-likeness (QED) is 0.112. The maximum absolute atomic E-state index is 14.6. The van der Waals surface area contributed by atoms with Crippen molar-refractivity contribution < 1.29 is 82.2 Å². The lowest BCUT2D eigenvalue weighted by Gasteiger charge is -2.50. The number of carbonyl (C=O) groups excluding carboxylic acids is 3. The lowest BCUT2D eigenvalue weighted by molar-refractivity contribution is -0.320. The van der Waals surface area contributed by atoms with E-state index in [-0.39, 0.29) is 67.8 Å². The molecule has 5 heterocycles. The number of aryl methyl sites for hydroxylation is 1. The molecule has 1 aromatic heterocycles. The van der Waals surface area contributed by atoms with Crippen LogP contribution in [0.2, 0.25) is 0 Å². The number of hydrogen-bond donors (Lipinski definition) is 5. The van der Waals surface area contributed by atoms with Crippen molar-refractivity contribution in [3.63, 3.8) is 0 Å². The van der Waals surface area contributed by atoms with Gasteiger partial charge in [0.25, 0.3) is 0 Å². The number of aliphatic hydroxyl groups excluding tert-OH is 2. The van der Waals surface area contributed by atoms with E-state index in [0.717, 1.165) is 5.56 Å². The highest BCUT2D eigenvalue weighted by Gasteiger charge is 2.55. The van der Waals surface area contributed by atoms with Crippen LogP contribution in [0.25, 0.3) is 10.9 Å². The number of likely N-dealkylation sites (N-methyl/N-ethyl adjacent to an activating group) is 1. The molecule has 0 radical (unpaired) electrons. The highest BCUT2D eigenvalue weighted by Crippen LogP contribution is 2.42. The smallest absolute Gasteiger partial charge is 0.341 e. The van der Waals surface area contributed by atoms with Crippen LogP contribution in [0.1, 0.15) is 124 Å². The van der Waals surface area contributed by atoms with Crippen molar-refractivity contribution in [1.82, 2.24) is 14.9 Å². The van der Waals surface area contributed by atoms with Crippen LogP contribution in [-0.2, 0) is 58.7 Å². The second kappa shape index (κ2) is 25.6. The highest BCUT2D eigenvalue weighted by molar-refractivity contribution is 5.95. The van der Waals surface area contributed by atoms with Gasteiger partial charge in [-0.2, -0.15) is 0 Å². The third-order valence-corrected chi connectivity index (χ3v) is 16.9. The largest absolute Gasteiger partial charge is 0.477 e. The number of carbonyl (C=O) groups is 4. The molecule has 0 saturated carbocycles. The standard InChI is InChI=1S/C56H88N4O18/c1-16-40-56(10,69)48(65)31(4)44(62)29(2)25-54(8,70-14)49(78-53-46(64)38(58(11)12)22-30(3)73-53)32(5)47(33(6)52(68)75-40)77-42-26-55(9,71-15)50(34(7)74-42)76-41(61)19-21-57-20-17-18-35-23-36-43-39(24-35)72-28-59(13)60(43)27-37(45(36)63)51(66)67/h23-24,27,29-34,38,40,42,46-50,53,57,64-65,69H,16-22,25-26,28H2,1-15H3,(H,66,67)/t29-,30-,31+,32+,33-,34+,38+,40-,42+,46-,47+,48-,49-,50+,53+,54-,55-,56-/m1/s1. The van der Waals surface area contributed by atoms with Crippen LogP contribution < -0.4 is 20.5 Å². The fourth-order valence-electron chi connectivity index (χ4n) is 12.1. The van der Waals surface area contributed by atoms with Gasteiger partial charge in [-0.15, -0.1) is 0 Å². The number of ketones is 1. The molecule has 6 rings (SSSR count). The maximum atomic E-state index is 14.6. The van der Waals surface area contributed by atoms with E-state index in [2.05, 4.69) is 5.32 Å². The number of hydrogen-bond acceptors (Lipinski definition) is 20. The fourth-order valence-corrected chi connectivity index (χ4v) is 12.1. The van der Waals surface area contributed by atoms with Crippen LogP contribution in [0.4, 0.5) is 0 Å². The Balaban J connectivity index is 1.19. The molecule has 22 heteroatoms. The van der Waals surface area contributed by atoms with Gasteiger partial charge in [0.15, 0.2) is 25.4 Å². The topological polar surface area (TPSA) is 273 Å². The molecule has 22 nitrogen and oxygen atoms in total. The number of ether oxygens (including phenoxy) is 9. The Hall–Kier alpha value is -4.33. The molecule has 4 aliphatic rings. The van der Waals surface area contributed by atoms with Gasteiger partial charge in [-0.3, -0.25) is 28.9 Å². The summed E-state index contributed by atoms with van der Waals surface area (Å²) in [6.07, 6.45) is -7.18. The second-order valence-corrected chi connectivity index (χ2v) is 23.1. The Morgan fingerprint density at radius 3 is 2.21 bits per heavy atom. The minimum absolute atomic E-state index is 0.0140. The highest BCUT2D eigenvalue weighted by atomic mass is 16.7. The number of esters is 2. The van der Waals surface area contributed by atoms with Crippen LogP contribution in [0, 0.1) is 23.7 Å². The number of nitrogens with zero attached hydrogens (tertiary/aromatic N) is 3. The number of carboxylic acids is 1. The van der Waals surface area contributed by atoms with Gasteiger partial charge in [-0.05, 0) is 112 Å². The zero-order valence-corrected chi connectivity index (χ0v) is 48.3. The molecule has 3 fully saturated rings. The predicted molar refractivity (Wildman–Crippen MR) is 286 cm³/mol. The number of nitrogens with one attached hydrogen (secondary N) is 1. The molecule has 18 atom stereocenters. The Kier molecular flexibility index (Phi) is 20.7. The monoisotopic (exact) mass is 1100 g/mol. The molecule has 4 aliphatic heterocycles. The molecule has 3 saturated heterocycles. The van der Waals surface area contributed by atoms with Crippen molar-refractivity contribution in [3.05, 3.63) is 39.7 Å². The molecule has 1 aromatic carbocycles. The molecule has 0 amide bonds. The van der Waals surface area contributed by atoms with Crippen molar-refractivity contribution in [2.45, 2.75) is 198 Å². The Bertz CT molecular complexity index is 2490. The first kappa shape index (κ1) is 62.9. The minimum Gasteiger partial charge on any atom is -0.477 e. The van der Waals surface area contributed by atoms with Gasteiger partial charge >= 0.3 is 17.9 Å². The number of methoxy groups -OCH3 is 2. The summed E-state index contributed by atoms with van der Waals surface area (Å²) in [5, 5.41) is 50.2. The van der Waals surface area contributed by atoms with Gasteiger partial charge in [0.2, 0.25) is 5.43 Å². The number of rotatable bonds is 17. The molecule has 5 N–H and O–H groups in total. The summed E-state index contributed by atoms with van der Waals surface area (Å²) in [4.78, 5) is 69.3. The number of aromatic nitrogens is 1. The van der Waals surface area contributed by atoms with E-state index in [9.17, 15) is 44.4 Å². The number of cyclic esters (lactones) is 1. The third kappa shape index (κ3) is 13.4. The number of pyridine rings is 1. The van der Waals surface area contributed by atoms with E-state index in [1.165, 1.54) is 34.3 Å². The van der Waals surface area contributed by atoms with Gasteiger partial charge in [-0.1, -0.05) is 27.7 Å². The Morgan fingerprint density at radius 2 is 1.58 bits per heavy atom. The van der Waals surface area contributed by atoms with Gasteiger partial charge in [0.05, 0.1) is 53.8 Å². The summed E-state index contributed by atoms with van der Waals surface area (Å²) in [7, 11) is 8.44. The fraction of sp³-hybridized carbons (Fsp3) is 0.768. The predicted octanol–water partition coefficient (Wildman–Crippen LogP) is 3.53. The van der Waals surface area contributed by atoms with Crippen molar-refractivity contribution in [2.24, 2.45) is 23.7 Å². The van der Waals surface area contributed by atoms with E-state index in [4.69, 9.17) is 42.6 Å². The van der Waals surface area contributed by atoms with Crippen molar-refractivity contribution in [2.75, 3.05) is 60.2 Å². The van der Waals surface area contributed by atoms with E-state index in [1.807, 2.05) is 38.9 Å². The van der Waals surface area contributed by atoms with Gasteiger partial charge in [-0.25, -0.2) is 4.79 Å².